The average molecular weight is 348 g/mol. The number of methoxy groups -OCH3 is 1. The van der Waals surface area contributed by atoms with E-state index in [9.17, 15) is 4.79 Å². The average Bonchev–Trinajstić information content (AvgIpc) is 2.62. The SMILES string of the molecule is COc1ccccc1Nc1cc(Nc2ccc(C(C)=O)cc2)nc(C)n1. The molecule has 0 fully saturated rings. The highest BCUT2D eigenvalue weighted by Gasteiger charge is 2.07. The summed E-state index contributed by atoms with van der Waals surface area (Å²) < 4.78 is 5.36. The lowest BCUT2D eigenvalue weighted by molar-refractivity contribution is 0.101. The molecule has 0 amide bonds. The summed E-state index contributed by atoms with van der Waals surface area (Å²) in [4.78, 5) is 20.2. The van der Waals surface area contributed by atoms with Gasteiger partial charge in [-0.3, -0.25) is 4.79 Å². The van der Waals surface area contributed by atoms with Crippen LogP contribution >= 0.6 is 0 Å². The predicted octanol–water partition coefficient (Wildman–Crippen LogP) is 4.48. The van der Waals surface area contributed by atoms with Crippen LogP contribution in [0.25, 0.3) is 0 Å². The molecule has 0 radical (unpaired) electrons. The van der Waals surface area contributed by atoms with Gasteiger partial charge in [-0.25, -0.2) is 9.97 Å². The van der Waals surface area contributed by atoms with Crippen molar-refractivity contribution in [2.75, 3.05) is 17.7 Å². The van der Waals surface area contributed by atoms with Crippen molar-refractivity contribution in [2.24, 2.45) is 0 Å². The second-order valence-electron chi connectivity index (χ2n) is 5.77. The molecule has 2 aromatic carbocycles. The number of carbonyl (C=O) groups excluding carboxylic acids is 1. The molecule has 6 heteroatoms. The highest BCUT2D eigenvalue weighted by molar-refractivity contribution is 5.94. The van der Waals surface area contributed by atoms with Gasteiger partial charge < -0.3 is 15.4 Å². The molecular weight excluding hydrogens is 328 g/mol. The van der Waals surface area contributed by atoms with Crippen molar-refractivity contribution in [3.8, 4) is 5.75 Å². The number of aromatic nitrogens is 2. The number of hydrogen-bond acceptors (Lipinski definition) is 6. The van der Waals surface area contributed by atoms with Gasteiger partial charge >= 0.3 is 0 Å². The van der Waals surface area contributed by atoms with Crippen molar-refractivity contribution >= 4 is 28.8 Å². The quantitative estimate of drug-likeness (QED) is 0.640. The topological polar surface area (TPSA) is 76.1 Å². The molecule has 0 aliphatic carbocycles. The van der Waals surface area contributed by atoms with E-state index in [4.69, 9.17) is 4.74 Å². The molecule has 0 atom stereocenters. The lowest BCUT2D eigenvalue weighted by atomic mass is 10.1. The Balaban J connectivity index is 1.82. The fourth-order valence-corrected chi connectivity index (χ4v) is 2.52. The summed E-state index contributed by atoms with van der Waals surface area (Å²) in [7, 11) is 1.63. The van der Waals surface area contributed by atoms with Gasteiger partial charge in [-0.1, -0.05) is 12.1 Å². The van der Waals surface area contributed by atoms with Crippen LogP contribution in [0.1, 0.15) is 23.1 Å². The second-order valence-corrected chi connectivity index (χ2v) is 5.77. The van der Waals surface area contributed by atoms with E-state index in [0.29, 0.717) is 23.0 Å². The lowest BCUT2D eigenvalue weighted by Crippen LogP contribution is -2.02. The van der Waals surface area contributed by atoms with Crippen molar-refractivity contribution < 1.29 is 9.53 Å². The van der Waals surface area contributed by atoms with Crippen LogP contribution < -0.4 is 15.4 Å². The largest absolute Gasteiger partial charge is 0.495 e. The van der Waals surface area contributed by atoms with E-state index in [1.54, 1.807) is 26.2 Å². The van der Waals surface area contributed by atoms with Gasteiger partial charge in [0.25, 0.3) is 0 Å². The van der Waals surface area contributed by atoms with Crippen molar-refractivity contribution in [1.82, 2.24) is 9.97 Å². The summed E-state index contributed by atoms with van der Waals surface area (Å²) in [6.45, 7) is 3.38. The number of carbonyl (C=O) groups is 1. The van der Waals surface area contributed by atoms with Gasteiger partial charge in [-0.05, 0) is 50.2 Å². The van der Waals surface area contributed by atoms with E-state index in [0.717, 1.165) is 17.1 Å². The lowest BCUT2D eigenvalue weighted by Gasteiger charge is -2.12. The Morgan fingerprint density at radius 3 is 2.27 bits per heavy atom. The normalized spacial score (nSPS) is 10.3. The van der Waals surface area contributed by atoms with Crippen LogP contribution in [0, 0.1) is 6.92 Å². The van der Waals surface area contributed by atoms with Gasteiger partial charge in [0.05, 0.1) is 12.8 Å². The number of benzene rings is 2. The summed E-state index contributed by atoms with van der Waals surface area (Å²) in [5.41, 5.74) is 2.34. The fourth-order valence-electron chi connectivity index (χ4n) is 2.52. The van der Waals surface area contributed by atoms with Crippen molar-refractivity contribution in [3.63, 3.8) is 0 Å². The number of anilines is 4. The molecule has 1 aromatic heterocycles. The summed E-state index contributed by atoms with van der Waals surface area (Å²) in [6.07, 6.45) is 0. The maximum atomic E-state index is 11.4. The zero-order chi connectivity index (χ0) is 18.5. The number of rotatable bonds is 6. The maximum absolute atomic E-state index is 11.4. The van der Waals surface area contributed by atoms with Gasteiger partial charge in [-0.2, -0.15) is 0 Å². The molecule has 0 saturated heterocycles. The van der Waals surface area contributed by atoms with Crippen molar-refractivity contribution in [1.29, 1.82) is 0 Å². The molecule has 6 nitrogen and oxygen atoms in total. The molecule has 132 valence electrons. The molecule has 0 unspecified atom stereocenters. The monoisotopic (exact) mass is 348 g/mol. The summed E-state index contributed by atoms with van der Waals surface area (Å²) in [5, 5.41) is 6.49. The first-order chi connectivity index (χ1) is 12.5. The Kier molecular flexibility index (Phi) is 5.12. The molecule has 3 aromatic rings. The van der Waals surface area contributed by atoms with E-state index in [-0.39, 0.29) is 5.78 Å². The standard InChI is InChI=1S/C20H20N4O2/c1-13(25)15-8-10-16(11-9-15)23-19-12-20(22-14(2)21-19)24-17-6-4-5-7-18(17)26-3/h4-12H,1-3H3,(H2,21,22,23,24). The maximum Gasteiger partial charge on any atom is 0.159 e. The number of aryl methyl sites for hydroxylation is 1. The van der Waals surface area contributed by atoms with Gasteiger partial charge in [0.15, 0.2) is 5.78 Å². The number of ether oxygens (including phenoxy) is 1. The molecule has 1 heterocycles. The van der Waals surface area contributed by atoms with Gasteiger partial charge in [0, 0.05) is 17.3 Å². The third kappa shape index (κ3) is 4.16. The number of hydrogen-bond donors (Lipinski definition) is 2. The van der Waals surface area contributed by atoms with Crippen LogP contribution in [0.3, 0.4) is 0 Å². The molecule has 0 aliphatic rings. The zero-order valence-corrected chi connectivity index (χ0v) is 14.9. The van der Waals surface area contributed by atoms with E-state index >= 15 is 0 Å². The van der Waals surface area contributed by atoms with E-state index in [2.05, 4.69) is 20.6 Å². The van der Waals surface area contributed by atoms with Crippen LogP contribution in [0.2, 0.25) is 0 Å². The van der Waals surface area contributed by atoms with Crippen molar-refractivity contribution in [2.45, 2.75) is 13.8 Å². The molecule has 0 spiro atoms. The second kappa shape index (κ2) is 7.65. The smallest absolute Gasteiger partial charge is 0.159 e. The molecule has 26 heavy (non-hydrogen) atoms. The molecular formula is C20H20N4O2. The Morgan fingerprint density at radius 1 is 0.962 bits per heavy atom. The predicted molar refractivity (Wildman–Crippen MR) is 103 cm³/mol. The van der Waals surface area contributed by atoms with Gasteiger partial charge in [-0.15, -0.1) is 0 Å². The minimum atomic E-state index is 0.0396. The molecule has 0 aliphatic heterocycles. The zero-order valence-electron chi connectivity index (χ0n) is 14.9. The molecule has 0 saturated carbocycles. The van der Waals surface area contributed by atoms with Crippen LogP contribution in [0.4, 0.5) is 23.0 Å². The molecule has 0 bridgehead atoms. The summed E-state index contributed by atoms with van der Waals surface area (Å²) >= 11 is 0. The number of para-hydroxylation sites is 2. The minimum absolute atomic E-state index is 0.0396. The fraction of sp³-hybridized carbons (Fsp3) is 0.150. The van der Waals surface area contributed by atoms with Crippen LogP contribution in [0.15, 0.2) is 54.6 Å². The van der Waals surface area contributed by atoms with Crippen molar-refractivity contribution in [3.05, 3.63) is 66.0 Å². The number of nitrogens with zero attached hydrogens (tertiary/aromatic N) is 2. The van der Waals surface area contributed by atoms with E-state index in [1.807, 2.05) is 49.4 Å². The Bertz CT molecular complexity index is 923. The van der Waals surface area contributed by atoms with Crippen LogP contribution in [-0.2, 0) is 0 Å². The van der Waals surface area contributed by atoms with Crippen LogP contribution in [-0.4, -0.2) is 22.9 Å². The Hall–Kier alpha value is -3.41. The number of Topliss-reactive ketones (excluding diaryl/α,β-unsaturated/α-hetero) is 1. The first kappa shape index (κ1) is 17.4. The van der Waals surface area contributed by atoms with E-state index < -0.39 is 0 Å². The Morgan fingerprint density at radius 2 is 1.62 bits per heavy atom. The summed E-state index contributed by atoms with van der Waals surface area (Å²) in [5.74, 6) is 2.72. The summed E-state index contributed by atoms with van der Waals surface area (Å²) in [6, 6.07) is 16.7. The first-order valence-corrected chi connectivity index (χ1v) is 8.19. The third-order valence-electron chi connectivity index (χ3n) is 3.77. The van der Waals surface area contributed by atoms with Crippen LogP contribution in [0.5, 0.6) is 5.75 Å². The van der Waals surface area contributed by atoms with Gasteiger partial charge in [0.2, 0.25) is 0 Å². The van der Waals surface area contributed by atoms with E-state index in [1.165, 1.54) is 0 Å². The highest BCUT2D eigenvalue weighted by atomic mass is 16.5. The molecule has 3 rings (SSSR count). The number of ketones is 1. The Labute approximate surface area is 152 Å². The highest BCUT2D eigenvalue weighted by Crippen LogP contribution is 2.27. The van der Waals surface area contributed by atoms with Gasteiger partial charge in [0.1, 0.15) is 23.2 Å². The molecule has 2 N–H and O–H groups in total. The number of nitrogens with one attached hydrogen (secondary N) is 2. The third-order valence-corrected chi connectivity index (χ3v) is 3.77. The first-order valence-electron chi connectivity index (χ1n) is 8.19. The minimum Gasteiger partial charge on any atom is -0.495 e.